The van der Waals surface area contributed by atoms with Crippen LogP contribution in [-0.2, 0) is 4.74 Å². The maximum absolute atomic E-state index is 12.8. The molecular formula is C20H19NO3. The topological polar surface area (TPSA) is 46.6 Å². The smallest absolute Gasteiger partial charge is 0.344 e. The third-order valence-electron chi connectivity index (χ3n) is 3.89. The summed E-state index contributed by atoms with van der Waals surface area (Å²) < 4.78 is 5.54. The molecule has 0 unspecified atom stereocenters. The lowest BCUT2D eigenvalue weighted by molar-refractivity contribution is 0.0461. The molecular weight excluding hydrogens is 302 g/mol. The standard InChI is InChI=1S/C20H19NO3/c22-19(16-10-4-1-5-11-16)21-15-9-3-8-14-18(21)24-20(23)17-12-6-2-7-13-17/h1-2,4-7,10-14H,3,8-9,15H2. The molecule has 0 N–H and O–H groups in total. The van der Waals surface area contributed by atoms with E-state index in [4.69, 9.17) is 4.74 Å². The van der Waals surface area contributed by atoms with Crippen LogP contribution in [0.15, 0.2) is 72.6 Å². The third kappa shape index (κ3) is 3.71. The van der Waals surface area contributed by atoms with E-state index in [-0.39, 0.29) is 5.91 Å². The maximum atomic E-state index is 12.8. The molecule has 0 radical (unpaired) electrons. The molecule has 2 aromatic rings. The normalized spacial score (nSPS) is 14.5. The van der Waals surface area contributed by atoms with Crippen LogP contribution in [0.4, 0.5) is 0 Å². The highest BCUT2D eigenvalue weighted by Gasteiger charge is 2.24. The van der Waals surface area contributed by atoms with Gasteiger partial charge in [0.05, 0.1) is 5.56 Å². The molecule has 1 amide bonds. The lowest BCUT2D eigenvalue weighted by Crippen LogP contribution is -2.32. The van der Waals surface area contributed by atoms with Gasteiger partial charge in [0.15, 0.2) is 0 Å². The van der Waals surface area contributed by atoms with Crippen LogP contribution in [0.25, 0.3) is 0 Å². The van der Waals surface area contributed by atoms with Crippen molar-refractivity contribution in [2.75, 3.05) is 6.54 Å². The number of nitrogens with zero attached hydrogens (tertiary/aromatic N) is 1. The Balaban J connectivity index is 1.82. The summed E-state index contributed by atoms with van der Waals surface area (Å²) in [6.07, 6.45) is 4.46. The second-order valence-corrected chi connectivity index (χ2v) is 5.62. The summed E-state index contributed by atoms with van der Waals surface area (Å²) in [5.41, 5.74) is 1.05. The van der Waals surface area contributed by atoms with Crippen LogP contribution in [0.5, 0.6) is 0 Å². The van der Waals surface area contributed by atoms with Crippen LogP contribution in [0.2, 0.25) is 0 Å². The second-order valence-electron chi connectivity index (χ2n) is 5.62. The van der Waals surface area contributed by atoms with Gasteiger partial charge in [-0.1, -0.05) is 36.4 Å². The van der Waals surface area contributed by atoms with Crippen LogP contribution >= 0.6 is 0 Å². The van der Waals surface area contributed by atoms with E-state index in [1.807, 2.05) is 30.3 Å². The van der Waals surface area contributed by atoms with E-state index in [1.54, 1.807) is 41.3 Å². The molecule has 4 heteroatoms. The fourth-order valence-electron chi connectivity index (χ4n) is 2.62. The number of ether oxygens (including phenoxy) is 1. The van der Waals surface area contributed by atoms with Gasteiger partial charge in [-0.2, -0.15) is 0 Å². The van der Waals surface area contributed by atoms with Crippen LogP contribution < -0.4 is 0 Å². The number of carbonyl (C=O) groups excluding carboxylic acids is 2. The highest BCUT2D eigenvalue weighted by molar-refractivity contribution is 5.96. The van der Waals surface area contributed by atoms with E-state index in [0.717, 1.165) is 19.3 Å². The van der Waals surface area contributed by atoms with Crippen molar-refractivity contribution in [2.24, 2.45) is 0 Å². The Kier molecular flexibility index (Phi) is 5.06. The minimum Gasteiger partial charge on any atom is -0.406 e. The minimum absolute atomic E-state index is 0.149. The maximum Gasteiger partial charge on any atom is 0.344 e. The van der Waals surface area contributed by atoms with Crippen molar-refractivity contribution in [3.05, 3.63) is 83.7 Å². The van der Waals surface area contributed by atoms with Gasteiger partial charge in [0, 0.05) is 12.1 Å². The van der Waals surface area contributed by atoms with Crippen molar-refractivity contribution >= 4 is 11.9 Å². The number of allylic oxidation sites excluding steroid dienone is 1. The van der Waals surface area contributed by atoms with Gasteiger partial charge in [-0.15, -0.1) is 0 Å². The zero-order valence-electron chi connectivity index (χ0n) is 13.4. The molecule has 0 saturated heterocycles. The molecule has 122 valence electrons. The van der Waals surface area contributed by atoms with Gasteiger partial charge in [-0.3, -0.25) is 9.69 Å². The van der Waals surface area contributed by atoms with Gasteiger partial charge in [0.1, 0.15) is 0 Å². The predicted molar refractivity (Wildman–Crippen MR) is 91.3 cm³/mol. The molecule has 1 heterocycles. The van der Waals surface area contributed by atoms with Crippen LogP contribution in [0, 0.1) is 0 Å². The van der Waals surface area contributed by atoms with E-state index in [9.17, 15) is 9.59 Å². The van der Waals surface area contributed by atoms with E-state index in [0.29, 0.717) is 23.6 Å². The molecule has 0 fully saturated rings. The lowest BCUT2D eigenvalue weighted by Gasteiger charge is -2.23. The van der Waals surface area contributed by atoms with E-state index >= 15 is 0 Å². The Labute approximate surface area is 141 Å². The first-order valence-electron chi connectivity index (χ1n) is 8.10. The molecule has 1 aliphatic heterocycles. The number of hydrogen-bond acceptors (Lipinski definition) is 3. The van der Waals surface area contributed by atoms with E-state index < -0.39 is 5.97 Å². The van der Waals surface area contributed by atoms with Gasteiger partial charge < -0.3 is 4.74 Å². The Morgan fingerprint density at radius 2 is 1.46 bits per heavy atom. The zero-order chi connectivity index (χ0) is 16.8. The van der Waals surface area contributed by atoms with Crippen molar-refractivity contribution < 1.29 is 14.3 Å². The second kappa shape index (κ2) is 7.59. The molecule has 0 aromatic heterocycles. The lowest BCUT2D eigenvalue weighted by atomic mass is 10.2. The monoisotopic (exact) mass is 321 g/mol. The summed E-state index contributed by atoms with van der Waals surface area (Å²) in [7, 11) is 0. The minimum atomic E-state index is -0.449. The van der Waals surface area contributed by atoms with Crippen molar-refractivity contribution in [1.29, 1.82) is 0 Å². The molecule has 3 rings (SSSR count). The van der Waals surface area contributed by atoms with Gasteiger partial charge in [-0.05, 0) is 49.6 Å². The highest BCUT2D eigenvalue weighted by Crippen LogP contribution is 2.20. The SMILES string of the molecule is O=C(OC1=CCCCCN1C(=O)c1ccccc1)c1ccccc1. The zero-order valence-corrected chi connectivity index (χ0v) is 13.4. The first kappa shape index (κ1) is 16.0. The van der Waals surface area contributed by atoms with Gasteiger partial charge >= 0.3 is 5.97 Å². The number of amides is 1. The van der Waals surface area contributed by atoms with Crippen LogP contribution in [-0.4, -0.2) is 23.3 Å². The fourth-order valence-corrected chi connectivity index (χ4v) is 2.62. The summed E-state index contributed by atoms with van der Waals surface area (Å²) in [5.74, 6) is -0.269. The summed E-state index contributed by atoms with van der Waals surface area (Å²) in [6.45, 7) is 0.543. The summed E-state index contributed by atoms with van der Waals surface area (Å²) in [4.78, 5) is 26.7. The number of esters is 1. The molecule has 0 spiro atoms. The first-order valence-corrected chi connectivity index (χ1v) is 8.10. The van der Waals surface area contributed by atoms with Crippen LogP contribution in [0.1, 0.15) is 40.0 Å². The van der Waals surface area contributed by atoms with Crippen molar-refractivity contribution in [1.82, 2.24) is 4.90 Å². The highest BCUT2D eigenvalue weighted by atomic mass is 16.6. The average molecular weight is 321 g/mol. The molecule has 4 nitrogen and oxygen atoms in total. The van der Waals surface area contributed by atoms with E-state index in [2.05, 4.69) is 0 Å². The number of rotatable bonds is 3. The first-order chi connectivity index (χ1) is 11.8. The third-order valence-corrected chi connectivity index (χ3v) is 3.89. The van der Waals surface area contributed by atoms with Gasteiger partial charge in [0.2, 0.25) is 5.88 Å². The quantitative estimate of drug-likeness (QED) is 0.802. The molecule has 0 atom stereocenters. The Hall–Kier alpha value is -2.88. The molecule has 24 heavy (non-hydrogen) atoms. The summed E-state index contributed by atoms with van der Waals surface area (Å²) >= 11 is 0. The molecule has 2 aromatic carbocycles. The predicted octanol–water partition coefficient (Wildman–Crippen LogP) is 4.01. The van der Waals surface area contributed by atoms with Crippen LogP contribution in [0.3, 0.4) is 0 Å². The average Bonchev–Trinajstić information content (AvgIpc) is 2.88. The molecule has 1 aliphatic rings. The Bertz CT molecular complexity index is 738. The Morgan fingerprint density at radius 3 is 2.12 bits per heavy atom. The van der Waals surface area contributed by atoms with Gasteiger partial charge in [0.25, 0.3) is 5.91 Å². The number of benzene rings is 2. The summed E-state index contributed by atoms with van der Waals surface area (Å²) in [6, 6.07) is 17.8. The molecule has 0 saturated carbocycles. The largest absolute Gasteiger partial charge is 0.406 e. The molecule has 0 aliphatic carbocycles. The molecule has 0 bridgehead atoms. The Morgan fingerprint density at radius 1 is 0.833 bits per heavy atom. The number of hydrogen-bond donors (Lipinski definition) is 0. The van der Waals surface area contributed by atoms with E-state index in [1.165, 1.54) is 0 Å². The van der Waals surface area contributed by atoms with Gasteiger partial charge in [-0.25, -0.2) is 4.79 Å². The fraction of sp³-hybridized carbons (Fsp3) is 0.200. The van der Waals surface area contributed by atoms with Crippen molar-refractivity contribution in [2.45, 2.75) is 19.3 Å². The van der Waals surface area contributed by atoms with Crippen molar-refractivity contribution in [3.8, 4) is 0 Å². The number of carbonyl (C=O) groups is 2. The summed E-state index contributed by atoms with van der Waals surface area (Å²) in [5, 5.41) is 0. The van der Waals surface area contributed by atoms with Crippen molar-refractivity contribution in [3.63, 3.8) is 0 Å².